The number of piperidine rings is 1. The van der Waals surface area contributed by atoms with E-state index in [9.17, 15) is 8.42 Å². The molecule has 1 aromatic carbocycles. The van der Waals surface area contributed by atoms with E-state index in [2.05, 4.69) is 10.0 Å². The first-order valence-electron chi connectivity index (χ1n) is 7.27. The van der Waals surface area contributed by atoms with E-state index in [1.807, 2.05) is 6.07 Å². The zero-order valence-electron chi connectivity index (χ0n) is 12.4. The monoisotopic (exact) mass is 341 g/mol. The predicted octanol–water partition coefficient (Wildman–Crippen LogP) is 1.85. The summed E-state index contributed by atoms with van der Waals surface area (Å²) in [6.07, 6.45) is 3.98. The van der Waals surface area contributed by atoms with Crippen LogP contribution in [0.2, 0.25) is 0 Å². The molecular weight excluding hydrogens is 322 g/mol. The second kappa shape index (κ2) is 6.55. The summed E-state index contributed by atoms with van der Waals surface area (Å²) in [5, 5.41) is 12.4. The first kappa shape index (κ1) is 17.2. The Hall–Kier alpha value is -1.13. The molecule has 2 heterocycles. The van der Waals surface area contributed by atoms with E-state index in [4.69, 9.17) is 5.26 Å². The fourth-order valence-electron chi connectivity index (χ4n) is 3.46. The Labute approximate surface area is 137 Å². The summed E-state index contributed by atoms with van der Waals surface area (Å²) in [6, 6.07) is 7.59. The third kappa shape index (κ3) is 3.44. The molecule has 1 aromatic rings. The Balaban J connectivity index is 0.00000176. The van der Waals surface area contributed by atoms with E-state index in [1.165, 1.54) is 6.07 Å². The number of nitrogens with one attached hydrogen (secondary N) is 2. The van der Waals surface area contributed by atoms with Crippen LogP contribution >= 0.6 is 12.4 Å². The van der Waals surface area contributed by atoms with Gasteiger partial charge in [0, 0.05) is 18.1 Å². The van der Waals surface area contributed by atoms with E-state index < -0.39 is 10.0 Å². The molecule has 0 saturated carbocycles. The van der Waals surface area contributed by atoms with Crippen LogP contribution in [0.5, 0.6) is 0 Å². The van der Waals surface area contributed by atoms with Crippen LogP contribution in [0.15, 0.2) is 23.1 Å². The quantitative estimate of drug-likeness (QED) is 0.879. The highest BCUT2D eigenvalue weighted by atomic mass is 35.5. The maximum absolute atomic E-state index is 12.5. The van der Waals surface area contributed by atoms with Crippen molar-refractivity contribution in [2.75, 3.05) is 0 Å². The second-order valence-corrected chi connectivity index (χ2v) is 7.70. The topological polar surface area (TPSA) is 82.0 Å². The normalized spacial score (nSPS) is 27.0. The number of nitriles is 1. The molecule has 7 heteroatoms. The number of rotatable bonds is 3. The summed E-state index contributed by atoms with van der Waals surface area (Å²) >= 11 is 0. The SMILES string of the molecule is Cc1cc(C#N)ccc1S(=O)(=O)NC1CC2CCC(C1)N2.Cl. The maximum atomic E-state index is 12.5. The standard InChI is InChI=1S/C15H19N3O2S.ClH/c1-10-6-11(9-16)2-5-15(10)21(19,20)18-14-7-12-3-4-13(8-14)17-12;/h2,5-6,12-14,17-18H,3-4,7-8H2,1H3;1H. The van der Waals surface area contributed by atoms with Crippen LogP contribution in [0.4, 0.5) is 0 Å². The van der Waals surface area contributed by atoms with E-state index in [0.717, 1.165) is 25.7 Å². The average molecular weight is 342 g/mol. The van der Waals surface area contributed by atoms with Gasteiger partial charge >= 0.3 is 0 Å². The molecular formula is C15H20ClN3O2S. The Morgan fingerprint density at radius 3 is 2.45 bits per heavy atom. The summed E-state index contributed by atoms with van der Waals surface area (Å²) < 4.78 is 27.9. The lowest BCUT2D eigenvalue weighted by Gasteiger charge is -2.29. The van der Waals surface area contributed by atoms with Gasteiger partial charge in [-0.2, -0.15) is 5.26 Å². The molecule has 2 N–H and O–H groups in total. The number of fused-ring (bicyclic) bond motifs is 2. The van der Waals surface area contributed by atoms with Gasteiger partial charge in [-0.15, -0.1) is 12.4 Å². The minimum Gasteiger partial charge on any atom is -0.311 e. The molecule has 2 aliphatic heterocycles. The van der Waals surface area contributed by atoms with Crippen LogP contribution in [-0.2, 0) is 10.0 Å². The molecule has 2 aliphatic rings. The van der Waals surface area contributed by atoms with Gasteiger partial charge in [0.05, 0.1) is 16.5 Å². The van der Waals surface area contributed by atoms with Gasteiger partial charge in [0.25, 0.3) is 0 Å². The maximum Gasteiger partial charge on any atom is 0.241 e. The van der Waals surface area contributed by atoms with Crippen molar-refractivity contribution in [1.29, 1.82) is 5.26 Å². The first-order chi connectivity index (χ1) is 9.98. The highest BCUT2D eigenvalue weighted by molar-refractivity contribution is 7.89. The van der Waals surface area contributed by atoms with Crippen molar-refractivity contribution in [3.8, 4) is 6.07 Å². The molecule has 2 saturated heterocycles. The fourth-order valence-corrected chi connectivity index (χ4v) is 4.95. The van der Waals surface area contributed by atoms with Gasteiger partial charge in [0.15, 0.2) is 0 Å². The van der Waals surface area contributed by atoms with Gasteiger partial charge in [0.2, 0.25) is 10.0 Å². The van der Waals surface area contributed by atoms with Crippen molar-refractivity contribution in [3.05, 3.63) is 29.3 Å². The van der Waals surface area contributed by atoms with Gasteiger partial charge in [-0.1, -0.05) is 0 Å². The average Bonchev–Trinajstić information content (AvgIpc) is 2.77. The Bertz CT molecular complexity index is 687. The minimum atomic E-state index is -3.52. The number of sulfonamides is 1. The van der Waals surface area contributed by atoms with Crippen LogP contribution in [-0.4, -0.2) is 26.5 Å². The first-order valence-corrected chi connectivity index (χ1v) is 8.75. The minimum absolute atomic E-state index is 0. The molecule has 120 valence electrons. The largest absolute Gasteiger partial charge is 0.311 e. The van der Waals surface area contributed by atoms with Crippen molar-refractivity contribution in [2.24, 2.45) is 0 Å². The van der Waals surface area contributed by atoms with E-state index in [0.29, 0.717) is 23.2 Å². The van der Waals surface area contributed by atoms with Crippen LogP contribution < -0.4 is 10.0 Å². The zero-order valence-corrected chi connectivity index (χ0v) is 14.0. The van der Waals surface area contributed by atoms with Crippen molar-refractivity contribution in [1.82, 2.24) is 10.0 Å². The third-order valence-corrected chi connectivity index (χ3v) is 6.07. The summed E-state index contributed by atoms with van der Waals surface area (Å²) in [5.74, 6) is 0. The van der Waals surface area contributed by atoms with Crippen molar-refractivity contribution < 1.29 is 8.42 Å². The van der Waals surface area contributed by atoms with Crippen LogP contribution in [0.25, 0.3) is 0 Å². The second-order valence-electron chi connectivity index (χ2n) is 6.02. The number of hydrogen-bond acceptors (Lipinski definition) is 4. The van der Waals surface area contributed by atoms with Crippen molar-refractivity contribution >= 4 is 22.4 Å². The van der Waals surface area contributed by atoms with Crippen LogP contribution in [0.1, 0.15) is 36.8 Å². The van der Waals surface area contributed by atoms with E-state index >= 15 is 0 Å². The molecule has 0 aromatic heterocycles. The van der Waals surface area contributed by atoms with Gasteiger partial charge in [-0.25, -0.2) is 13.1 Å². The number of halogens is 1. The van der Waals surface area contributed by atoms with E-state index in [-0.39, 0.29) is 23.3 Å². The molecule has 0 radical (unpaired) electrons. The Kier molecular flexibility index (Phi) is 5.13. The lowest BCUT2D eigenvalue weighted by Crippen LogP contribution is -2.48. The summed E-state index contributed by atoms with van der Waals surface area (Å²) in [5.41, 5.74) is 1.09. The molecule has 5 nitrogen and oxygen atoms in total. The number of nitrogens with zero attached hydrogens (tertiary/aromatic N) is 1. The lowest BCUT2D eigenvalue weighted by atomic mass is 10.0. The molecule has 2 fully saturated rings. The molecule has 0 aliphatic carbocycles. The molecule has 0 spiro atoms. The number of hydrogen-bond donors (Lipinski definition) is 2. The smallest absolute Gasteiger partial charge is 0.241 e. The number of benzene rings is 1. The van der Waals surface area contributed by atoms with Crippen LogP contribution in [0, 0.1) is 18.3 Å². The molecule has 2 atom stereocenters. The lowest BCUT2D eigenvalue weighted by molar-refractivity contribution is 0.345. The van der Waals surface area contributed by atoms with Crippen molar-refractivity contribution in [3.63, 3.8) is 0 Å². The van der Waals surface area contributed by atoms with Gasteiger partial charge < -0.3 is 5.32 Å². The van der Waals surface area contributed by atoms with Gasteiger partial charge in [0.1, 0.15) is 0 Å². The molecule has 2 bridgehead atoms. The summed E-state index contributed by atoms with van der Waals surface area (Å²) in [7, 11) is -3.52. The third-order valence-electron chi connectivity index (χ3n) is 4.39. The highest BCUT2D eigenvalue weighted by Gasteiger charge is 2.35. The molecule has 2 unspecified atom stereocenters. The van der Waals surface area contributed by atoms with Crippen molar-refractivity contribution in [2.45, 2.75) is 55.6 Å². The Morgan fingerprint density at radius 2 is 1.91 bits per heavy atom. The Morgan fingerprint density at radius 1 is 1.27 bits per heavy atom. The molecule has 0 amide bonds. The van der Waals surface area contributed by atoms with Gasteiger partial charge in [-0.05, 0) is 56.4 Å². The van der Waals surface area contributed by atoms with E-state index in [1.54, 1.807) is 19.1 Å². The summed E-state index contributed by atoms with van der Waals surface area (Å²) in [4.78, 5) is 0.271. The van der Waals surface area contributed by atoms with Gasteiger partial charge in [-0.3, -0.25) is 0 Å². The summed E-state index contributed by atoms with van der Waals surface area (Å²) in [6.45, 7) is 1.72. The molecule has 3 rings (SSSR count). The molecule has 22 heavy (non-hydrogen) atoms. The zero-order chi connectivity index (χ0) is 15.0. The van der Waals surface area contributed by atoms with Crippen LogP contribution in [0.3, 0.4) is 0 Å². The highest BCUT2D eigenvalue weighted by Crippen LogP contribution is 2.28. The number of aryl methyl sites for hydroxylation is 1. The fraction of sp³-hybridized carbons (Fsp3) is 0.533. The predicted molar refractivity (Wildman–Crippen MR) is 86.4 cm³/mol.